The summed E-state index contributed by atoms with van der Waals surface area (Å²) in [6, 6.07) is 10.1. The number of nitrogens with two attached hydrogens (primary N) is 1. The van der Waals surface area contributed by atoms with E-state index in [-0.39, 0.29) is 18.2 Å². The van der Waals surface area contributed by atoms with Gasteiger partial charge in [-0.2, -0.15) is 0 Å². The minimum absolute atomic E-state index is 0.00829. The molecule has 2 aliphatic rings. The van der Waals surface area contributed by atoms with Gasteiger partial charge in [0, 0.05) is 5.56 Å². The summed E-state index contributed by atoms with van der Waals surface area (Å²) in [5.74, 6) is -1.41. The molecule has 1 aromatic rings. The standard InChI is InChI=1S/C14H17NO3/c16-14(17)12-10-6-7-11(18-10)13(12)15-8-9-4-2-1-3-5-9/h1-5,10-13,15H,6-8H2,(H,16,17). The Morgan fingerprint density at radius 3 is 2.72 bits per heavy atom. The quantitative estimate of drug-likeness (QED) is 0.745. The number of aliphatic carboxylic acids is 1. The molecule has 0 aliphatic carbocycles. The van der Waals surface area contributed by atoms with Crippen molar-refractivity contribution in [1.82, 2.24) is 0 Å². The number of carbonyl (C=O) groups is 1. The fourth-order valence-corrected chi connectivity index (χ4v) is 3.21. The second-order valence-corrected chi connectivity index (χ2v) is 5.14. The van der Waals surface area contributed by atoms with Crippen molar-refractivity contribution in [2.45, 2.75) is 37.6 Å². The predicted molar refractivity (Wildman–Crippen MR) is 62.3 cm³/mol. The molecular weight excluding hydrogens is 230 g/mol. The van der Waals surface area contributed by atoms with Gasteiger partial charge in [-0.05, 0) is 12.8 Å². The van der Waals surface area contributed by atoms with Gasteiger partial charge >= 0.3 is 0 Å². The third-order valence-corrected chi connectivity index (χ3v) is 4.07. The van der Waals surface area contributed by atoms with Gasteiger partial charge < -0.3 is 20.0 Å². The van der Waals surface area contributed by atoms with E-state index in [1.807, 2.05) is 18.2 Å². The average molecular weight is 247 g/mol. The molecule has 4 heteroatoms. The second kappa shape index (κ2) is 4.71. The smallest absolute Gasteiger partial charge is 0.123 e. The zero-order valence-electron chi connectivity index (χ0n) is 10.1. The number of hydrogen-bond acceptors (Lipinski definition) is 3. The van der Waals surface area contributed by atoms with Crippen LogP contribution in [0.1, 0.15) is 18.4 Å². The molecule has 2 N–H and O–H groups in total. The van der Waals surface area contributed by atoms with Crippen LogP contribution in [0.3, 0.4) is 0 Å². The van der Waals surface area contributed by atoms with Crippen LogP contribution < -0.4 is 10.4 Å². The second-order valence-electron chi connectivity index (χ2n) is 5.14. The van der Waals surface area contributed by atoms with Crippen LogP contribution in [0.2, 0.25) is 0 Å². The number of carboxylic acids is 1. The number of quaternary nitrogens is 1. The molecule has 4 atom stereocenters. The first kappa shape index (κ1) is 11.7. The summed E-state index contributed by atoms with van der Waals surface area (Å²) in [5.41, 5.74) is 1.21. The Bertz CT molecular complexity index is 434. The Balaban J connectivity index is 1.66. The molecule has 3 rings (SSSR count). The van der Waals surface area contributed by atoms with E-state index in [1.54, 1.807) is 0 Å². The van der Waals surface area contributed by atoms with Gasteiger partial charge in [0.25, 0.3) is 0 Å². The van der Waals surface area contributed by atoms with Crippen molar-refractivity contribution < 1.29 is 20.0 Å². The lowest BCUT2D eigenvalue weighted by Gasteiger charge is -2.26. The Labute approximate surface area is 106 Å². The summed E-state index contributed by atoms with van der Waals surface area (Å²) in [6.45, 7) is 0.794. The molecule has 2 aliphatic heterocycles. The lowest BCUT2D eigenvalue weighted by molar-refractivity contribution is -0.711. The van der Waals surface area contributed by atoms with Crippen molar-refractivity contribution in [2.24, 2.45) is 5.92 Å². The van der Waals surface area contributed by atoms with Gasteiger partial charge in [0.1, 0.15) is 18.7 Å². The SMILES string of the molecule is O=C([O-])C1C2CCC(O2)C1[NH2+]Cc1ccccc1. The van der Waals surface area contributed by atoms with Gasteiger partial charge in [0.2, 0.25) is 0 Å². The van der Waals surface area contributed by atoms with Crippen LogP contribution in [0, 0.1) is 5.92 Å². The summed E-state index contributed by atoms with van der Waals surface area (Å²) in [6.07, 6.45) is 1.79. The topological polar surface area (TPSA) is 66.0 Å². The third-order valence-electron chi connectivity index (χ3n) is 4.07. The Morgan fingerprint density at radius 1 is 1.28 bits per heavy atom. The maximum Gasteiger partial charge on any atom is 0.123 e. The lowest BCUT2D eigenvalue weighted by atomic mass is 9.84. The van der Waals surface area contributed by atoms with Gasteiger partial charge in [-0.15, -0.1) is 0 Å². The van der Waals surface area contributed by atoms with E-state index in [4.69, 9.17) is 4.74 Å². The maximum absolute atomic E-state index is 11.2. The largest absolute Gasteiger partial charge is 0.550 e. The number of fused-ring (bicyclic) bond motifs is 2. The maximum atomic E-state index is 11.2. The summed E-state index contributed by atoms with van der Waals surface area (Å²) >= 11 is 0. The molecule has 4 unspecified atom stereocenters. The first-order valence-electron chi connectivity index (χ1n) is 6.49. The minimum atomic E-state index is -0.962. The fourth-order valence-electron chi connectivity index (χ4n) is 3.21. The van der Waals surface area contributed by atoms with Crippen molar-refractivity contribution >= 4 is 5.97 Å². The zero-order chi connectivity index (χ0) is 12.5. The van der Waals surface area contributed by atoms with Crippen molar-refractivity contribution in [2.75, 3.05) is 0 Å². The minimum Gasteiger partial charge on any atom is -0.550 e. The molecule has 2 fully saturated rings. The van der Waals surface area contributed by atoms with E-state index in [9.17, 15) is 9.90 Å². The number of ether oxygens (including phenoxy) is 1. The number of benzene rings is 1. The Hall–Kier alpha value is -1.39. The molecule has 96 valence electrons. The molecule has 0 saturated carbocycles. The van der Waals surface area contributed by atoms with E-state index in [2.05, 4.69) is 17.4 Å². The molecule has 0 amide bonds. The van der Waals surface area contributed by atoms with Crippen molar-refractivity contribution in [3.8, 4) is 0 Å². The Morgan fingerprint density at radius 2 is 2.00 bits per heavy atom. The molecule has 18 heavy (non-hydrogen) atoms. The van der Waals surface area contributed by atoms with Crippen LogP contribution in [0.15, 0.2) is 30.3 Å². The highest BCUT2D eigenvalue weighted by Crippen LogP contribution is 2.37. The van der Waals surface area contributed by atoms with E-state index in [1.165, 1.54) is 5.56 Å². The predicted octanol–water partition coefficient (Wildman–Crippen LogP) is -0.954. The third kappa shape index (κ3) is 2.02. The first-order chi connectivity index (χ1) is 8.75. The molecule has 2 saturated heterocycles. The van der Waals surface area contributed by atoms with Crippen molar-refractivity contribution in [3.63, 3.8) is 0 Å². The molecule has 0 radical (unpaired) electrons. The van der Waals surface area contributed by atoms with Crippen LogP contribution in [0.5, 0.6) is 0 Å². The molecule has 0 aromatic heterocycles. The lowest BCUT2D eigenvalue weighted by Crippen LogP contribution is -2.92. The number of carbonyl (C=O) groups excluding carboxylic acids is 1. The van der Waals surface area contributed by atoms with E-state index < -0.39 is 11.9 Å². The van der Waals surface area contributed by atoms with Gasteiger partial charge in [-0.1, -0.05) is 30.3 Å². The average Bonchev–Trinajstić information content (AvgIpc) is 2.97. The molecular formula is C14H17NO3. The number of carboxylic acid groups (broad SMARTS) is 1. The molecule has 2 bridgehead atoms. The molecule has 0 spiro atoms. The normalized spacial score (nSPS) is 33.8. The van der Waals surface area contributed by atoms with Gasteiger partial charge in [0.15, 0.2) is 0 Å². The fraction of sp³-hybridized carbons (Fsp3) is 0.500. The molecule has 4 nitrogen and oxygen atoms in total. The molecule has 1 aromatic carbocycles. The van der Waals surface area contributed by atoms with Crippen molar-refractivity contribution in [1.29, 1.82) is 0 Å². The number of rotatable bonds is 4. The van der Waals surface area contributed by atoms with E-state index in [0.717, 1.165) is 19.4 Å². The summed E-state index contributed by atoms with van der Waals surface area (Å²) in [7, 11) is 0. The first-order valence-corrected chi connectivity index (χ1v) is 6.49. The summed E-state index contributed by atoms with van der Waals surface area (Å²) < 4.78 is 5.70. The van der Waals surface area contributed by atoms with Crippen molar-refractivity contribution in [3.05, 3.63) is 35.9 Å². The summed E-state index contributed by atoms with van der Waals surface area (Å²) in [4.78, 5) is 11.2. The molecule has 2 heterocycles. The van der Waals surface area contributed by atoms with Gasteiger partial charge in [0.05, 0.1) is 18.0 Å². The van der Waals surface area contributed by atoms with Gasteiger partial charge in [-0.3, -0.25) is 0 Å². The van der Waals surface area contributed by atoms with Crippen LogP contribution in [0.4, 0.5) is 0 Å². The summed E-state index contributed by atoms with van der Waals surface area (Å²) in [5, 5.41) is 13.3. The van der Waals surface area contributed by atoms with E-state index >= 15 is 0 Å². The highest BCUT2D eigenvalue weighted by molar-refractivity contribution is 5.70. The zero-order valence-corrected chi connectivity index (χ0v) is 10.1. The van der Waals surface area contributed by atoms with Crippen LogP contribution in [-0.2, 0) is 16.1 Å². The highest BCUT2D eigenvalue weighted by Gasteiger charge is 2.52. The van der Waals surface area contributed by atoms with Crippen LogP contribution >= 0.6 is 0 Å². The number of hydrogen-bond donors (Lipinski definition) is 1. The van der Waals surface area contributed by atoms with E-state index in [0.29, 0.717) is 0 Å². The van der Waals surface area contributed by atoms with Crippen LogP contribution in [0.25, 0.3) is 0 Å². The van der Waals surface area contributed by atoms with Gasteiger partial charge in [-0.25, -0.2) is 0 Å². The van der Waals surface area contributed by atoms with Crippen LogP contribution in [-0.4, -0.2) is 24.2 Å². The Kier molecular flexibility index (Phi) is 3.06. The monoisotopic (exact) mass is 247 g/mol. The highest BCUT2D eigenvalue weighted by atomic mass is 16.5.